The van der Waals surface area contributed by atoms with Crippen molar-refractivity contribution in [1.82, 2.24) is 48.9 Å². The van der Waals surface area contributed by atoms with Crippen molar-refractivity contribution >= 4 is 67.3 Å². The average Bonchev–Trinajstić information content (AvgIpc) is 1.80. The van der Waals surface area contributed by atoms with Crippen molar-refractivity contribution in [3.8, 4) is 0 Å². The number of para-hydroxylation sites is 4. The summed E-state index contributed by atoms with van der Waals surface area (Å²) in [5.41, 5.74) is 11.8. The molecule has 93 heavy (non-hydrogen) atoms. The van der Waals surface area contributed by atoms with E-state index in [1.165, 1.54) is 54.7 Å². The summed E-state index contributed by atoms with van der Waals surface area (Å²) in [5, 5.41) is 17.1. The van der Waals surface area contributed by atoms with Gasteiger partial charge in [-0.3, -0.25) is 38.9 Å². The molecule has 2 fully saturated rings. The number of amides is 3. The third kappa shape index (κ3) is 14.5. The molecule has 4 aromatic heterocycles. The minimum Gasteiger partial charge on any atom is -0.481 e. The van der Waals surface area contributed by atoms with Gasteiger partial charge in [-0.2, -0.15) is 0 Å². The molecule has 0 saturated carbocycles. The summed E-state index contributed by atoms with van der Waals surface area (Å²) in [6.45, 7) is 17.6. The molecule has 0 aliphatic carbocycles. The van der Waals surface area contributed by atoms with E-state index in [9.17, 15) is 19.2 Å². The number of aromatic nitrogens is 4. The maximum absolute atomic E-state index is 14.6. The topological polar surface area (TPSA) is 152 Å². The predicted molar refractivity (Wildman–Crippen MR) is 371 cm³/mol. The van der Waals surface area contributed by atoms with Gasteiger partial charge in [0.15, 0.2) is 0 Å². The van der Waals surface area contributed by atoms with Crippen LogP contribution in [0.15, 0.2) is 195 Å². The van der Waals surface area contributed by atoms with Crippen molar-refractivity contribution in [2.75, 3.05) is 52.4 Å². The van der Waals surface area contributed by atoms with E-state index in [4.69, 9.17) is 5.11 Å². The van der Waals surface area contributed by atoms with Crippen molar-refractivity contribution < 1.29 is 24.3 Å². The van der Waals surface area contributed by atoms with E-state index in [-0.39, 0.29) is 54.4 Å². The molecule has 0 radical (unpaired) electrons. The number of nitrogens with one attached hydrogen (secondary N) is 1. The van der Waals surface area contributed by atoms with E-state index in [0.717, 1.165) is 107 Å². The molecule has 0 bridgehead atoms. The summed E-state index contributed by atoms with van der Waals surface area (Å²) in [7, 11) is 0. The number of aryl methyl sites for hydroxylation is 4. The maximum Gasteiger partial charge on any atom is 0.303 e. The number of hydrogen-bond acceptors (Lipinski definition) is 9. The Morgan fingerprint density at radius 1 is 0.473 bits per heavy atom. The molecule has 10 aromatic rings. The number of rotatable bonds is 16. The number of benzene rings is 6. The molecular formula is C78H88N10O5. The van der Waals surface area contributed by atoms with E-state index in [2.05, 4.69) is 193 Å². The fraction of sp³-hybridized carbons (Fsp3) is 0.359. The number of aliphatic carboxylic acids is 1. The lowest BCUT2D eigenvalue weighted by Crippen LogP contribution is -2.61. The molecular weight excluding hydrogens is 1160 g/mol. The maximum atomic E-state index is 14.6. The number of fused-ring (bicyclic) bond motifs is 8. The van der Waals surface area contributed by atoms with Crippen LogP contribution < -0.4 is 5.32 Å². The lowest BCUT2D eigenvalue weighted by molar-refractivity contribution is -0.152. The first-order valence-corrected chi connectivity index (χ1v) is 33.6. The smallest absolute Gasteiger partial charge is 0.303 e. The monoisotopic (exact) mass is 1240 g/mol. The first-order valence-electron chi connectivity index (χ1n) is 33.6. The van der Waals surface area contributed by atoms with Gasteiger partial charge in [-0.15, -0.1) is 0 Å². The van der Waals surface area contributed by atoms with Crippen LogP contribution in [-0.2, 0) is 58.0 Å². The van der Waals surface area contributed by atoms with Gasteiger partial charge in [0.2, 0.25) is 11.8 Å². The molecule has 15 nitrogen and oxygen atoms in total. The lowest BCUT2D eigenvalue weighted by atomic mass is 9.90. The van der Waals surface area contributed by atoms with Gasteiger partial charge in [0.25, 0.3) is 5.91 Å². The highest BCUT2D eigenvalue weighted by Crippen LogP contribution is 2.36. The Labute approximate surface area is 546 Å². The normalized spacial score (nSPS) is 19.9. The molecule has 4 aliphatic rings. The molecule has 6 atom stereocenters. The van der Waals surface area contributed by atoms with Crippen LogP contribution >= 0.6 is 0 Å². The average molecular weight is 1250 g/mol. The molecule has 3 amide bonds. The van der Waals surface area contributed by atoms with Crippen LogP contribution in [-0.4, -0.2) is 149 Å². The van der Waals surface area contributed by atoms with Crippen LogP contribution in [0.25, 0.3) is 43.6 Å². The minimum absolute atomic E-state index is 0.0284. The zero-order chi connectivity index (χ0) is 64.4. The molecule has 6 aromatic carbocycles. The Balaban J connectivity index is 0.000000157. The number of nitrogens with zero attached hydrogens (tertiary/aromatic N) is 9. The van der Waals surface area contributed by atoms with Gasteiger partial charge >= 0.3 is 5.97 Å². The second kappa shape index (κ2) is 29.7. The first-order chi connectivity index (χ1) is 45.4. The molecule has 480 valence electrons. The van der Waals surface area contributed by atoms with Crippen molar-refractivity contribution in [1.29, 1.82) is 0 Å². The highest BCUT2D eigenvalue weighted by molar-refractivity contribution is 6.09. The van der Waals surface area contributed by atoms with E-state index in [0.29, 0.717) is 25.8 Å². The number of piperazine rings is 2. The van der Waals surface area contributed by atoms with Gasteiger partial charge in [0.1, 0.15) is 12.1 Å². The first kappa shape index (κ1) is 64.1. The van der Waals surface area contributed by atoms with Crippen LogP contribution in [0.4, 0.5) is 0 Å². The number of carboxylic acid groups (broad SMARTS) is 1. The van der Waals surface area contributed by atoms with Crippen molar-refractivity contribution in [2.24, 2.45) is 0 Å². The predicted octanol–water partition coefficient (Wildman–Crippen LogP) is 12.4. The van der Waals surface area contributed by atoms with Gasteiger partial charge in [0, 0.05) is 171 Å². The lowest BCUT2D eigenvalue weighted by Gasteiger charge is -2.48. The van der Waals surface area contributed by atoms with Gasteiger partial charge < -0.3 is 34.3 Å². The molecule has 2 unspecified atom stereocenters. The van der Waals surface area contributed by atoms with Crippen molar-refractivity contribution in [2.45, 2.75) is 128 Å². The van der Waals surface area contributed by atoms with Crippen LogP contribution in [0.5, 0.6) is 0 Å². The Kier molecular flexibility index (Phi) is 20.5. The van der Waals surface area contributed by atoms with Crippen molar-refractivity contribution in [3.05, 3.63) is 228 Å². The number of carbonyl (C=O) groups excluding carboxylic acids is 3. The standard InChI is InChI=1S/C39H43N5O2.C31H36N4O.C8H9NO2/c1-28-26-41(22-10-23-42-35-16-7-5-14-33(35)34-15-6-8-17-36(34)42)27-29(2)44(28)39(46)38-32-13-4-3-12-31(32)20-24-43(38)37(45)19-18-30-11-9-21-40-25-30;1-22-20-33(18-9-19-34-28-14-7-5-12-26(28)27-13-6-8-15-29(27)34)21-23(2)35(22)31(36)30-25-11-4-3-10-24(25)16-17-32-30;10-8(11)4-3-7-2-1-5-9-6-7/h3-9,11-17,21,25,28-29,38H,10,18-20,22-24,26-27H2,1-2H3;3-8,10-15,22-23,30,32H,9,16-21H2,1-2H3;1-2,5-6H,3-4H2,(H,10,11)/t28-,29+,38?;22-,23+,30?;. The minimum atomic E-state index is -0.770. The van der Waals surface area contributed by atoms with Crippen molar-refractivity contribution in [3.63, 3.8) is 0 Å². The zero-order valence-corrected chi connectivity index (χ0v) is 54.3. The molecule has 8 heterocycles. The van der Waals surface area contributed by atoms with Gasteiger partial charge in [0.05, 0.1) is 0 Å². The Hall–Kier alpha value is -9.02. The zero-order valence-electron chi connectivity index (χ0n) is 54.3. The Bertz CT molecular complexity index is 4080. The SMILES string of the molecule is C[C@@H]1CN(CCCn2c3ccccc3c3ccccc32)C[C@H](C)N1C(=O)C1NCCc2ccccc21.C[C@@H]1CN(CCCn2c3ccccc3c3ccccc32)C[C@H](C)N1C(=O)C1c2ccccc2CCN1C(=O)CCc1cccnc1.O=C(O)CCc1cccnc1. The van der Waals surface area contributed by atoms with E-state index in [1.807, 2.05) is 53.6 Å². The third-order valence-corrected chi connectivity index (χ3v) is 19.5. The van der Waals surface area contributed by atoms with Crippen LogP contribution in [0.3, 0.4) is 0 Å². The number of pyridine rings is 2. The summed E-state index contributed by atoms with van der Waals surface area (Å²) < 4.78 is 4.93. The molecule has 14 rings (SSSR count). The van der Waals surface area contributed by atoms with Gasteiger partial charge in [-0.25, -0.2) is 0 Å². The van der Waals surface area contributed by atoms with E-state index >= 15 is 0 Å². The number of carboxylic acids is 1. The summed E-state index contributed by atoms with van der Waals surface area (Å²) in [4.78, 5) is 71.3. The second-order valence-electron chi connectivity index (χ2n) is 25.9. The van der Waals surface area contributed by atoms with Crippen LogP contribution in [0, 0.1) is 0 Å². The summed E-state index contributed by atoms with van der Waals surface area (Å²) >= 11 is 0. The van der Waals surface area contributed by atoms with Gasteiger partial charge in [-0.05, 0) is 136 Å². The highest BCUT2D eigenvalue weighted by atomic mass is 16.4. The number of hydrogen-bond donors (Lipinski definition) is 2. The quantitative estimate of drug-likeness (QED) is 0.0956. The number of carbonyl (C=O) groups is 4. The van der Waals surface area contributed by atoms with E-state index < -0.39 is 12.0 Å². The highest BCUT2D eigenvalue weighted by Gasteiger charge is 2.43. The molecule has 0 spiro atoms. The fourth-order valence-electron chi connectivity index (χ4n) is 15.3. The third-order valence-electron chi connectivity index (χ3n) is 19.5. The molecule has 4 aliphatic heterocycles. The van der Waals surface area contributed by atoms with Crippen LogP contribution in [0.1, 0.15) is 98.8 Å². The fourth-order valence-corrected chi connectivity index (χ4v) is 15.3. The van der Waals surface area contributed by atoms with Crippen LogP contribution in [0.2, 0.25) is 0 Å². The Morgan fingerprint density at radius 3 is 1.35 bits per heavy atom. The summed E-state index contributed by atoms with van der Waals surface area (Å²) in [6, 6.07) is 58.7. The van der Waals surface area contributed by atoms with Gasteiger partial charge in [-0.1, -0.05) is 133 Å². The second-order valence-corrected chi connectivity index (χ2v) is 25.9. The molecule has 2 saturated heterocycles. The van der Waals surface area contributed by atoms with E-state index in [1.54, 1.807) is 24.7 Å². The summed E-state index contributed by atoms with van der Waals surface area (Å²) in [6.07, 6.45) is 12.5. The summed E-state index contributed by atoms with van der Waals surface area (Å²) in [5.74, 6) is -0.464. The largest absolute Gasteiger partial charge is 0.481 e. The molecule has 2 N–H and O–H groups in total. The molecule has 15 heteroatoms. The Morgan fingerprint density at radius 2 is 0.892 bits per heavy atom.